The molecule has 0 radical (unpaired) electrons. The fourth-order valence-electron chi connectivity index (χ4n) is 22.2. The number of aldehydes is 1. The van der Waals surface area contributed by atoms with Gasteiger partial charge < -0.3 is 19.8 Å². The molecular formula is C78H91F6N3O7. The van der Waals surface area contributed by atoms with Gasteiger partial charge in [-0.1, -0.05) is 65.8 Å². The minimum Gasteiger partial charge on any atom is -0.388 e. The molecule has 9 fully saturated rings. The standard InChI is InChI=1S/C26H31F2NO2.C26H29F2NO2.C19H27NO2.C7H4F2O/c2*1-25-9-7-23(30)29(3)22(25)5-4-19-20(25)6-8-26(2)21(19)13-16(24(26)31)10-15-11-17(27)14-18(28)12-15;1-18-11-9-17(22)20(3)15(18)6-4-12-13-5-7-16(21)19(13,2)10-8-14(12)18;8-6-1-5(4-10)2-7(9)3-6/h7,9-12,14,19-22,24,31H,4-6,8,13H2,1-3H3;7,9-12,14,19-22H,4-6,8,13H2,1-3H3;9,11-15H,4-8,10H2,1-3H3;1-4H/b2*16-10+;;/t19?,20?,21-,22+,24-,25+,26-;19?,20?,21-,22+,25+,26-;12?,13-,14?,15+,18+,19-;/m000./s1. The Balaban J connectivity index is 0.000000127. The summed E-state index contributed by atoms with van der Waals surface area (Å²) in [5.41, 5.74) is 1.76. The quantitative estimate of drug-likeness (QED) is 0.157. The van der Waals surface area contributed by atoms with Gasteiger partial charge >= 0.3 is 0 Å². The first-order valence-electron chi connectivity index (χ1n) is 34.3. The molecule has 0 spiro atoms. The lowest BCUT2D eigenvalue weighted by Gasteiger charge is -2.59. The third-order valence-electron chi connectivity index (χ3n) is 27.1. The van der Waals surface area contributed by atoms with Crippen molar-refractivity contribution in [3.63, 3.8) is 0 Å². The first kappa shape index (κ1) is 67.3. The molecule has 9 aliphatic carbocycles. The Kier molecular flexibility index (Phi) is 17.7. The smallest absolute Gasteiger partial charge is 0.246 e. The minimum atomic E-state index is -0.734. The number of aliphatic hydroxyl groups is 1. The van der Waals surface area contributed by atoms with Gasteiger partial charge in [0.05, 0.1) is 6.10 Å². The first-order valence-corrected chi connectivity index (χ1v) is 34.3. The van der Waals surface area contributed by atoms with Crippen LogP contribution >= 0.6 is 0 Å². The summed E-state index contributed by atoms with van der Waals surface area (Å²) < 4.78 is 79.1. The number of ketones is 2. The molecule has 19 atom stereocenters. The van der Waals surface area contributed by atoms with E-state index in [2.05, 4.69) is 59.8 Å². The zero-order valence-corrected chi connectivity index (χ0v) is 55.7. The van der Waals surface area contributed by atoms with Crippen molar-refractivity contribution < 1.29 is 60.2 Å². The summed E-state index contributed by atoms with van der Waals surface area (Å²) >= 11 is 0. The number of hydrogen-bond donors (Lipinski definition) is 1. The number of Topliss-reactive ketones (excluding diaryl/α,β-unsaturated/α-hetero) is 2. The first-order chi connectivity index (χ1) is 44.4. The van der Waals surface area contributed by atoms with Gasteiger partial charge in [-0.15, -0.1) is 0 Å². The molecule has 10 nitrogen and oxygen atoms in total. The van der Waals surface area contributed by atoms with Crippen LogP contribution in [0.3, 0.4) is 0 Å². The number of likely N-dealkylation sites (N-methyl/N-ethyl adjacent to an activating group) is 3. The molecule has 3 heterocycles. The number of allylic oxidation sites excluding steroid dienone is 1. The Bertz CT molecular complexity index is 3690. The summed E-state index contributed by atoms with van der Waals surface area (Å²) in [5.74, 6) is 1.24. The third-order valence-corrected chi connectivity index (χ3v) is 27.1. The Labute approximate surface area is 549 Å². The van der Waals surface area contributed by atoms with Crippen LogP contribution in [0.25, 0.3) is 12.2 Å². The van der Waals surface area contributed by atoms with Crippen molar-refractivity contribution in [3.8, 4) is 0 Å². The van der Waals surface area contributed by atoms with E-state index in [0.29, 0.717) is 94.6 Å². The van der Waals surface area contributed by atoms with Crippen molar-refractivity contribution in [2.45, 2.75) is 169 Å². The van der Waals surface area contributed by atoms with E-state index in [1.54, 1.807) is 30.4 Å². The zero-order chi connectivity index (χ0) is 67.5. The average Bonchev–Trinajstić information content (AvgIpc) is 1.42. The molecule has 15 rings (SSSR count). The number of carbonyl (C=O) groups is 6. The van der Waals surface area contributed by atoms with Crippen molar-refractivity contribution in [1.29, 1.82) is 0 Å². The molecule has 3 aromatic rings. The van der Waals surface area contributed by atoms with Gasteiger partial charge in [-0.2, -0.15) is 0 Å². The summed E-state index contributed by atoms with van der Waals surface area (Å²) in [5, 5.41) is 11.3. The zero-order valence-electron chi connectivity index (χ0n) is 55.7. The number of benzene rings is 3. The molecule has 94 heavy (non-hydrogen) atoms. The van der Waals surface area contributed by atoms with Gasteiger partial charge in [-0.05, 0) is 233 Å². The van der Waals surface area contributed by atoms with Crippen LogP contribution < -0.4 is 0 Å². The molecule has 502 valence electrons. The van der Waals surface area contributed by atoms with Crippen LogP contribution in [0.5, 0.6) is 0 Å². The number of carbonyl (C=O) groups excluding carboxylic acids is 6. The molecule has 0 saturated heterocycles. The van der Waals surface area contributed by atoms with Crippen LogP contribution in [0.15, 0.2) is 102 Å². The molecule has 6 unspecified atom stereocenters. The lowest BCUT2D eigenvalue weighted by molar-refractivity contribution is -0.142. The number of aliphatic hydroxyl groups excluding tert-OH is 1. The van der Waals surface area contributed by atoms with Crippen molar-refractivity contribution in [3.05, 3.63) is 154 Å². The Hall–Kier alpha value is -6.68. The second kappa shape index (κ2) is 24.8. The number of nitrogens with zero attached hydrogens (tertiary/aromatic N) is 3. The van der Waals surface area contributed by atoms with Crippen molar-refractivity contribution in [1.82, 2.24) is 14.7 Å². The summed E-state index contributed by atoms with van der Waals surface area (Å²) in [7, 11) is 5.78. The van der Waals surface area contributed by atoms with E-state index in [0.717, 1.165) is 120 Å². The van der Waals surface area contributed by atoms with Gasteiger partial charge in [0.2, 0.25) is 17.7 Å². The lowest BCUT2D eigenvalue weighted by Crippen LogP contribution is -2.59. The highest BCUT2D eigenvalue weighted by atomic mass is 19.2. The van der Waals surface area contributed by atoms with E-state index in [1.807, 2.05) is 35.8 Å². The fourth-order valence-corrected chi connectivity index (χ4v) is 22.2. The van der Waals surface area contributed by atoms with Gasteiger partial charge in [0, 0.05) is 102 Å². The fraction of sp³-hybridized carbons (Fsp3) is 0.564. The second-order valence-electron chi connectivity index (χ2n) is 31.5. The van der Waals surface area contributed by atoms with Crippen molar-refractivity contribution in [2.75, 3.05) is 21.1 Å². The van der Waals surface area contributed by atoms with E-state index < -0.39 is 46.4 Å². The largest absolute Gasteiger partial charge is 0.388 e. The molecule has 3 aliphatic heterocycles. The monoisotopic (exact) mass is 1300 g/mol. The normalized spacial score (nSPS) is 40.4. The maximum atomic E-state index is 13.7. The van der Waals surface area contributed by atoms with Crippen LogP contribution in [0, 0.1) is 121 Å². The second-order valence-corrected chi connectivity index (χ2v) is 31.5. The third kappa shape index (κ3) is 11.3. The summed E-state index contributed by atoms with van der Waals surface area (Å²) in [6.45, 7) is 13.4. The maximum Gasteiger partial charge on any atom is 0.246 e. The number of fused-ring (bicyclic) bond motifs is 15. The van der Waals surface area contributed by atoms with Crippen molar-refractivity contribution >= 4 is 47.7 Å². The molecule has 1 N–H and O–H groups in total. The van der Waals surface area contributed by atoms with Gasteiger partial charge in [0.25, 0.3) is 0 Å². The van der Waals surface area contributed by atoms with Crippen molar-refractivity contribution in [2.24, 2.45) is 85.8 Å². The Morgan fingerprint density at radius 2 is 0.819 bits per heavy atom. The molecule has 3 aromatic carbocycles. The van der Waals surface area contributed by atoms with Crippen LogP contribution in [0.2, 0.25) is 0 Å². The van der Waals surface area contributed by atoms with Crippen LogP contribution in [-0.4, -0.2) is 101 Å². The van der Waals surface area contributed by atoms with E-state index in [4.69, 9.17) is 0 Å². The van der Waals surface area contributed by atoms with E-state index in [-0.39, 0.29) is 74.1 Å². The summed E-state index contributed by atoms with van der Waals surface area (Å²) in [6.07, 6.45) is 30.5. The number of rotatable bonds is 3. The predicted molar refractivity (Wildman–Crippen MR) is 347 cm³/mol. The van der Waals surface area contributed by atoms with Gasteiger partial charge in [0.15, 0.2) is 5.78 Å². The minimum absolute atomic E-state index is 0.0116. The molecule has 9 saturated carbocycles. The molecule has 0 aromatic heterocycles. The Morgan fingerprint density at radius 3 is 1.26 bits per heavy atom. The maximum absolute atomic E-state index is 13.7. The van der Waals surface area contributed by atoms with Crippen LogP contribution in [0.1, 0.15) is 166 Å². The SMILES string of the molecule is CN1C(=O)C=C[C@]2(C)C3CC[C@]4(C)C(=O)/C(=C/c5cc(F)cc(F)c5)C[C@H]4C3CC[C@@H]12.CN1C(=O)C=C[C@]2(C)C3CC[C@]4(C)C(=O)CC[C@H]4C3CC[C@@H]12.CN1C(=O)C=C[C@]2(C)C3CC[C@]4(C)[C@@H](O)/C(=C/c5cc(F)cc(F)c5)C[C@H]4C3CC[C@@H]12.O=Cc1cc(F)cc(F)c1. The highest BCUT2D eigenvalue weighted by molar-refractivity contribution is 6.06. The van der Waals surface area contributed by atoms with E-state index in [1.165, 1.54) is 30.7 Å². The number of halogens is 6. The van der Waals surface area contributed by atoms with Gasteiger partial charge in [-0.3, -0.25) is 28.8 Å². The Morgan fingerprint density at radius 1 is 0.436 bits per heavy atom. The lowest BCUT2D eigenvalue weighted by atomic mass is 9.48. The highest BCUT2D eigenvalue weighted by Crippen LogP contribution is 2.67. The molecule has 0 bridgehead atoms. The number of amides is 3. The predicted octanol–water partition coefficient (Wildman–Crippen LogP) is 15.1. The van der Waals surface area contributed by atoms with E-state index >= 15 is 0 Å². The summed E-state index contributed by atoms with van der Waals surface area (Å²) in [4.78, 5) is 78.1. The molecule has 16 heteroatoms. The van der Waals surface area contributed by atoms with Gasteiger partial charge in [-0.25, -0.2) is 26.3 Å². The molecule has 12 aliphatic rings. The molecular weight excluding hydrogens is 1200 g/mol. The van der Waals surface area contributed by atoms with Crippen LogP contribution in [0.4, 0.5) is 26.3 Å². The van der Waals surface area contributed by atoms with Gasteiger partial charge in [0.1, 0.15) is 47.0 Å². The topological polar surface area (TPSA) is 132 Å². The summed E-state index contributed by atoms with van der Waals surface area (Å²) in [6, 6.07) is 10.4. The highest BCUT2D eigenvalue weighted by Gasteiger charge is 2.64. The van der Waals surface area contributed by atoms with Crippen LogP contribution in [-0.2, 0) is 24.0 Å². The molecule has 3 amide bonds. The average molecular weight is 1300 g/mol. The number of hydrogen-bond acceptors (Lipinski definition) is 7. The van der Waals surface area contributed by atoms with E-state index in [9.17, 15) is 60.2 Å².